The van der Waals surface area contributed by atoms with E-state index < -0.39 is 12.0 Å². The van der Waals surface area contributed by atoms with Gasteiger partial charge >= 0.3 is 5.97 Å². The van der Waals surface area contributed by atoms with Crippen molar-refractivity contribution in [2.75, 3.05) is 13.2 Å². The Labute approximate surface area is 280 Å². The van der Waals surface area contributed by atoms with Gasteiger partial charge in [-0.05, 0) is 49.8 Å². The van der Waals surface area contributed by atoms with Crippen LogP contribution < -0.4 is 19.6 Å². The third-order valence-corrected chi connectivity index (χ3v) is 9.27. The van der Waals surface area contributed by atoms with E-state index in [4.69, 9.17) is 14.5 Å². The van der Waals surface area contributed by atoms with Crippen LogP contribution in [-0.4, -0.2) is 28.3 Å². The zero-order valence-electron chi connectivity index (χ0n) is 26.4. The number of thiazole rings is 1. The summed E-state index contributed by atoms with van der Waals surface area (Å²) in [6.07, 6.45) is 3.80. The van der Waals surface area contributed by atoms with Gasteiger partial charge in [-0.1, -0.05) is 90.2 Å². The van der Waals surface area contributed by atoms with Crippen LogP contribution in [0.25, 0.3) is 22.7 Å². The van der Waals surface area contributed by atoms with E-state index in [1.807, 2.05) is 109 Å². The first-order chi connectivity index (χ1) is 23.5. The lowest BCUT2D eigenvalue weighted by molar-refractivity contribution is -0.138. The average Bonchev–Trinajstić information content (AvgIpc) is 3.62. The van der Waals surface area contributed by atoms with Gasteiger partial charge in [0.15, 0.2) is 4.80 Å². The summed E-state index contributed by atoms with van der Waals surface area (Å²) in [6.45, 7) is 4.68. The maximum Gasteiger partial charge on any atom is 0.338 e. The highest BCUT2D eigenvalue weighted by molar-refractivity contribution is 7.07. The van der Waals surface area contributed by atoms with Gasteiger partial charge in [0, 0.05) is 33.8 Å². The second kappa shape index (κ2) is 13.3. The Balaban J connectivity index is 1.44. The molecule has 0 amide bonds. The largest absolute Gasteiger partial charge is 0.494 e. The molecule has 3 heterocycles. The summed E-state index contributed by atoms with van der Waals surface area (Å²) in [5.41, 5.74) is 4.23. The number of hydrogen-bond donors (Lipinski definition) is 0. The highest BCUT2D eigenvalue weighted by atomic mass is 32.1. The summed E-state index contributed by atoms with van der Waals surface area (Å²) in [4.78, 5) is 33.6. The molecule has 0 N–H and O–H groups in total. The van der Waals surface area contributed by atoms with Crippen LogP contribution in [0.2, 0.25) is 0 Å². The zero-order valence-corrected chi connectivity index (χ0v) is 27.2. The van der Waals surface area contributed by atoms with Gasteiger partial charge in [0.25, 0.3) is 5.56 Å². The number of aromatic nitrogens is 2. The minimum Gasteiger partial charge on any atom is -0.494 e. The van der Waals surface area contributed by atoms with Crippen LogP contribution in [-0.2, 0) is 16.1 Å². The summed E-state index contributed by atoms with van der Waals surface area (Å²) < 4.78 is 29.9. The lowest BCUT2D eigenvalue weighted by Crippen LogP contribution is -2.40. The molecule has 240 valence electrons. The molecule has 2 aromatic heterocycles. The molecule has 48 heavy (non-hydrogen) atoms. The van der Waals surface area contributed by atoms with Crippen molar-refractivity contribution in [3.63, 3.8) is 0 Å². The minimum absolute atomic E-state index is 0.168. The molecule has 1 aliphatic rings. The van der Waals surface area contributed by atoms with Gasteiger partial charge in [-0.3, -0.25) is 9.36 Å². The van der Waals surface area contributed by atoms with E-state index in [0.29, 0.717) is 39.5 Å². The smallest absolute Gasteiger partial charge is 0.338 e. The first kappa shape index (κ1) is 31.1. The molecule has 1 aliphatic heterocycles. The number of carbonyl (C=O) groups excluding carboxylic acids is 1. The minimum atomic E-state index is -0.796. The van der Waals surface area contributed by atoms with Crippen LogP contribution in [0.3, 0.4) is 0 Å². The third-order valence-electron chi connectivity index (χ3n) is 8.29. The topological polar surface area (TPSA) is 74.8 Å². The fourth-order valence-electron chi connectivity index (χ4n) is 6.14. The molecule has 0 fully saturated rings. The van der Waals surface area contributed by atoms with E-state index in [2.05, 4.69) is 0 Å². The monoisotopic (exact) mass is 657 g/mol. The number of hydrogen-bond acceptors (Lipinski definition) is 6. The number of rotatable bonds is 9. The Morgan fingerprint density at radius 3 is 2.40 bits per heavy atom. The quantitative estimate of drug-likeness (QED) is 0.167. The average molecular weight is 658 g/mol. The van der Waals surface area contributed by atoms with Gasteiger partial charge in [-0.25, -0.2) is 14.2 Å². The summed E-state index contributed by atoms with van der Waals surface area (Å²) in [5, 5.41) is 0.930. The highest BCUT2D eigenvalue weighted by Gasteiger charge is 2.35. The first-order valence-electron chi connectivity index (χ1n) is 15.8. The Hall–Kier alpha value is -5.54. The van der Waals surface area contributed by atoms with Crippen molar-refractivity contribution in [2.24, 2.45) is 4.99 Å². The van der Waals surface area contributed by atoms with Crippen molar-refractivity contribution < 1.29 is 18.7 Å². The van der Waals surface area contributed by atoms with Crippen molar-refractivity contribution in [1.29, 1.82) is 0 Å². The number of nitrogens with zero attached hydrogens (tertiary/aromatic N) is 3. The van der Waals surface area contributed by atoms with Crippen LogP contribution in [0.1, 0.15) is 42.1 Å². The molecule has 0 radical (unpaired) electrons. The number of fused-ring (bicyclic) bond motifs is 2. The van der Waals surface area contributed by atoms with E-state index in [9.17, 15) is 14.0 Å². The van der Waals surface area contributed by atoms with E-state index >= 15 is 0 Å². The molecule has 7 nitrogen and oxygen atoms in total. The molecule has 9 heteroatoms. The maximum atomic E-state index is 14.6. The van der Waals surface area contributed by atoms with E-state index in [0.717, 1.165) is 27.6 Å². The fraction of sp³-hybridized carbons (Fsp3) is 0.154. The second-order valence-electron chi connectivity index (χ2n) is 11.3. The molecule has 0 unspecified atom stereocenters. The maximum absolute atomic E-state index is 14.6. The van der Waals surface area contributed by atoms with Gasteiger partial charge in [0.2, 0.25) is 0 Å². The molecule has 4 aromatic carbocycles. The molecule has 1 atom stereocenters. The lowest BCUT2D eigenvalue weighted by Gasteiger charge is -2.26. The number of halogens is 1. The Kier molecular flexibility index (Phi) is 8.61. The molecule has 0 spiro atoms. The van der Waals surface area contributed by atoms with Crippen molar-refractivity contribution in [3.05, 3.63) is 163 Å². The SMILES string of the molecule is CCOC(=O)C1=C(c2ccccc2)N=c2s/c(=C\c3cn(Cc4ccccc4F)c4ccccc34)c(=O)n2[C@@H]1c1ccc(OCC)cc1. The zero-order chi connectivity index (χ0) is 33.2. The van der Waals surface area contributed by atoms with Crippen LogP contribution >= 0.6 is 11.3 Å². The van der Waals surface area contributed by atoms with Gasteiger partial charge in [0.05, 0.1) is 41.6 Å². The number of benzene rings is 4. The summed E-state index contributed by atoms with van der Waals surface area (Å²) >= 11 is 1.26. The van der Waals surface area contributed by atoms with Crippen LogP contribution in [0.4, 0.5) is 4.39 Å². The van der Waals surface area contributed by atoms with Gasteiger partial charge in [-0.15, -0.1) is 0 Å². The number of para-hydroxylation sites is 1. The molecule has 7 rings (SSSR count). The standard InChI is InChI=1S/C39H32FN3O4S/c1-3-46-29-20-18-26(19-21-29)36-34(38(45)47-4-2)35(25-12-6-5-7-13-25)41-39-43(36)37(44)33(48-39)22-28-24-42(32-17-11-9-15-30(28)32)23-27-14-8-10-16-31(27)40/h5-22,24,36H,3-4,23H2,1-2H3/b33-22-/t36-/m1/s1. The predicted molar refractivity (Wildman–Crippen MR) is 186 cm³/mol. The van der Waals surface area contributed by atoms with E-state index in [1.54, 1.807) is 23.6 Å². The van der Waals surface area contributed by atoms with Crippen molar-refractivity contribution in [2.45, 2.75) is 26.4 Å². The number of esters is 1. The normalized spacial score (nSPS) is 14.6. The van der Waals surface area contributed by atoms with E-state index in [1.165, 1.54) is 17.4 Å². The highest BCUT2D eigenvalue weighted by Crippen LogP contribution is 2.36. The number of carbonyl (C=O) groups is 1. The molecule has 6 aromatic rings. The molecular weight excluding hydrogens is 626 g/mol. The summed E-state index contributed by atoms with van der Waals surface area (Å²) in [7, 11) is 0. The molecule has 0 saturated carbocycles. The summed E-state index contributed by atoms with van der Waals surface area (Å²) in [5.74, 6) is -0.124. The van der Waals surface area contributed by atoms with Gasteiger partial charge in [-0.2, -0.15) is 0 Å². The molecule has 0 bridgehead atoms. The van der Waals surface area contributed by atoms with E-state index in [-0.39, 0.29) is 23.6 Å². The Morgan fingerprint density at radius 2 is 1.65 bits per heavy atom. The van der Waals surface area contributed by atoms with Gasteiger partial charge < -0.3 is 14.0 Å². The lowest BCUT2D eigenvalue weighted by atomic mass is 9.93. The van der Waals surface area contributed by atoms with Crippen molar-refractivity contribution >= 4 is 40.0 Å². The molecular formula is C39H32FN3O4S. The van der Waals surface area contributed by atoms with Crippen LogP contribution in [0, 0.1) is 5.82 Å². The molecule has 0 aliphatic carbocycles. The fourth-order valence-corrected chi connectivity index (χ4v) is 7.13. The summed E-state index contributed by atoms with van der Waals surface area (Å²) in [6, 6.07) is 30.7. The second-order valence-corrected chi connectivity index (χ2v) is 12.3. The Morgan fingerprint density at radius 1 is 0.917 bits per heavy atom. The van der Waals surface area contributed by atoms with Crippen molar-refractivity contribution in [3.8, 4) is 5.75 Å². The predicted octanol–water partition coefficient (Wildman–Crippen LogP) is 6.48. The molecule has 0 saturated heterocycles. The van der Waals surface area contributed by atoms with Crippen molar-refractivity contribution in [1.82, 2.24) is 9.13 Å². The van der Waals surface area contributed by atoms with Crippen LogP contribution in [0.15, 0.2) is 125 Å². The van der Waals surface area contributed by atoms with Crippen LogP contribution in [0.5, 0.6) is 5.75 Å². The Bertz CT molecular complexity index is 2350. The first-order valence-corrected chi connectivity index (χ1v) is 16.6. The third kappa shape index (κ3) is 5.77. The number of ether oxygens (including phenoxy) is 2. The van der Waals surface area contributed by atoms with Gasteiger partial charge in [0.1, 0.15) is 11.6 Å².